The molecular formula is C22H22ClN3O4. The van der Waals surface area contributed by atoms with Crippen LogP contribution >= 0.6 is 11.6 Å². The van der Waals surface area contributed by atoms with Crippen molar-refractivity contribution in [1.29, 1.82) is 0 Å². The van der Waals surface area contributed by atoms with Crippen molar-refractivity contribution < 1.29 is 19.1 Å². The normalized spacial score (nSPS) is 22.6. The largest absolute Gasteiger partial charge is 0.347 e. The van der Waals surface area contributed by atoms with Crippen molar-refractivity contribution in [2.24, 2.45) is 0 Å². The smallest absolute Gasteiger partial charge is 0.260 e. The minimum Gasteiger partial charge on any atom is -0.347 e. The number of amides is 2. The maximum absolute atomic E-state index is 13.2. The molecule has 2 amide bonds. The van der Waals surface area contributed by atoms with Crippen LogP contribution in [0.1, 0.15) is 41.4 Å². The molecule has 0 saturated carbocycles. The van der Waals surface area contributed by atoms with Gasteiger partial charge in [0, 0.05) is 42.8 Å². The number of aromatic nitrogens is 1. The van der Waals surface area contributed by atoms with Gasteiger partial charge in [0.25, 0.3) is 5.91 Å². The van der Waals surface area contributed by atoms with Crippen LogP contribution in [0, 0.1) is 0 Å². The molecule has 0 aliphatic carbocycles. The van der Waals surface area contributed by atoms with E-state index in [-0.39, 0.29) is 18.2 Å². The topological polar surface area (TPSA) is 72.0 Å². The highest BCUT2D eigenvalue weighted by atomic mass is 35.5. The third-order valence-corrected chi connectivity index (χ3v) is 6.33. The van der Waals surface area contributed by atoms with Crippen molar-refractivity contribution in [3.8, 4) is 0 Å². The highest BCUT2D eigenvalue weighted by Gasteiger charge is 2.43. The number of benzene rings is 1. The van der Waals surface area contributed by atoms with Crippen LogP contribution in [0.15, 0.2) is 42.6 Å². The molecule has 1 atom stereocenters. The van der Waals surface area contributed by atoms with E-state index >= 15 is 0 Å². The lowest BCUT2D eigenvalue weighted by Gasteiger charge is -2.38. The quantitative estimate of drug-likeness (QED) is 0.752. The van der Waals surface area contributed by atoms with Crippen LogP contribution in [0.2, 0.25) is 5.02 Å². The Balaban J connectivity index is 1.37. The lowest BCUT2D eigenvalue weighted by molar-refractivity contribution is -0.187. The Bertz CT molecular complexity index is 965. The number of pyridine rings is 1. The summed E-state index contributed by atoms with van der Waals surface area (Å²) in [6.07, 6.45) is 3.16. The summed E-state index contributed by atoms with van der Waals surface area (Å²) < 4.78 is 11.5. The molecule has 30 heavy (non-hydrogen) atoms. The predicted molar refractivity (Wildman–Crippen MR) is 110 cm³/mol. The molecular weight excluding hydrogens is 406 g/mol. The molecule has 2 saturated heterocycles. The summed E-state index contributed by atoms with van der Waals surface area (Å²) in [6.45, 7) is 2.37. The van der Waals surface area contributed by atoms with E-state index in [4.69, 9.17) is 21.1 Å². The summed E-state index contributed by atoms with van der Waals surface area (Å²) in [5.74, 6) is -0.675. The second kappa shape index (κ2) is 7.65. The summed E-state index contributed by atoms with van der Waals surface area (Å²) >= 11 is 6.02. The second-order valence-corrected chi connectivity index (χ2v) is 8.23. The van der Waals surface area contributed by atoms with Gasteiger partial charge in [-0.05, 0) is 36.4 Å². The van der Waals surface area contributed by atoms with Crippen molar-refractivity contribution in [2.75, 3.05) is 31.2 Å². The first kappa shape index (κ1) is 19.5. The molecule has 1 spiro atoms. The highest BCUT2D eigenvalue weighted by Crippen LogP contribution is 2.39. The van der Waals surface area contributed by atoms with Crippen molar-refractivity contribution in [3.63, 3.8) is 0 Å². The van der Waals surface area contributed by atoms with Gasteiger partial charge in [-0.3, -0.25) is 19.5 Å². The Morgan fingerprint density at radius 1 is 1.13 bits per heavy atom. The summed E-state index contributed by atoms with van der Waals surface area (Å²) in [7, 11) is 0. The van der Waals surface area contributed by atoms with Gasteiger partial charge < -0.3 is 14.4 Å². The maximum Gasteiger partial charge on any atom is 0.260 e. The first-order valence-corrected chi connectivity index (χ1v) is 10.5. The molecule has 5 rings (SSSR count). The zero-order valence-corrected chi connectivity index (χ0v) is 17.2. The van der Waals surface area contributed by atoms with E-state index in [0.29, 0.717) is 61.1 Å². The summed E-state index contributed by atoms with van der Waals surface area (Å²) in [4.78, 5) is 34.2. The van der Waals surface area contributed by atoms with E-state index in [1.807, 2.05) is 4.90 Å². The average Bonchev–Trinajstić information content (AvgIpc) is 3.33. The van der Waals surface area contributed by atoms with Crippen LogP contribution in [0.4, 0.5) is 5.69 Å². The van der Waals surface area contributed by atoms with Gasteiger partial charge in [0.05, 0.1) is 36.9 Å². The van der Waals surface area contributed by atoms with Crippen LogP contribution < -0.4 is 4.90 Å². The third kappa shape index (κ3) is 3.37. The number of carbonyl (C=O) groups excluding carboxylic acids is 2. The second-order valence-electron chi connectivity index (χ2n) is 7.80. The number of carbonyl (C=O) groups is 2. The zero-order chi connectivity index (χ0) is 20.7. The Kier molecular flexibility index (Phi) is 4.97. The van der Waals surface area contributed by atoms with Crippen molar-refractivity contribution >= 4 is 29.1 Å². The summed E-state index contributed by atoms with van der Waals surface area (Å²) in [5, 5.41) is 0.590. The van der Waals surface area contributed by atoms with Gasteiger partial charge >= 0.3 is 0 Å². The average molecular weight is 428 g/mol. The molecule has 4 heterocycles. The first-order chi connectivity index (χ1) is 14.6. The number of piperidine rings is 1. The lowest BCUT2D eigenvalue weighted by atomic mass is 10.0. The number of halogens is 1. The third-order valence-electron chi connectivity index (χ3n) is 6.08. The summed E-state index contributed by atoms with van der Waals surface area (Å²) in [5.41, 5.74) is 1.88. The van der Waals surface area contributed by atoms with Gasteiger partial charge in [0.1, 0.15) is 0 Å². The standard InChI is InChI=1S/C22H22ClN3O4/c23-15-3-5-16(6-4-15)26-18(20-17(21(26)28)2-1-9-24-20)14-19(27)25-10-7-22(8-11-25)29-12-13-30-22/h1-6,9,18H,7-8,10-14H2/t18-/m0/s1. The molecule has 1 aromatic heterocycles. The Morgan fingerprint density at radius 2 is 1.83 bits per heavy atom. The Labute approximate surface area is 179 Å². The monoisotopic (exact) mass is 427 g/mol. The highest BCUT2D eigenvalue weighted by molar-refractivity contribution is 6.30. The molecule has 0 unspecified atom stereocenters. The molecule has 8 heteroatoms. The Morgan fingerprint density at radius 3 is 2.53 bits per heavy atom. The van der Waals surface area contributed by atoms with Crippen LogP contribution in [0.3, 0.4) is 0 Å². The first-order valence-electron chi connectivity index (χ1n) is 10.2. The summed E-state index contributed by atoms with van der Waals surface area (Å²) in [6, 6.07) is 10.1. The Hall–Kier alpha value is -2.48. The van der Waals surface area contributed by atoms with E-state index in [9.17, 15) is 9.59 Å². The SMILES string of the molecule is O=C(C[C@H]1c2ncccc2C(=O)N1c1ccc(Cl)cc1)N1CCC2(CC1)OCCO2. The fourth-order valence-corrected chi connectivity index (χ4v) is 4.65. The number of anilines is 1. The van der Waals surface area contributed by atoms with Crippen LogP contribution in [0.5, 0.6) is 0 Å². The number of ether oxygens (including phenoxy) is 2. The molecule has 3 aliphatic rings. The van der Waals surface area contributed by atoms with Gasteiger partial charge in [-0.25, -0.2) is 0 Å². The molecule has 0 radical (unpaired) electrons. The number of likely N-dealkylation sites (tertiary alicyclic amines) is 1. The number of hydrogen-bond acceptors (Lipinski definition) is 5. The fourth-order valence-electron chi connectivity index (χ4n) is 4.52. The predicted octanol–water partition coefficient (Wildman–Crippen LogP) is 3.19. The van der Waals surface area contributed by atoms with Crippen molar-refractivity contribution in [3.05, 3.63) is 58.9 Å². The van der Waals surface area contributed by atoms with E-state index in [0.717, 1.165) is 0 Å². The number of rotatable bonds is 3. The molecule has 0 bridgehead atoms. The minimum absolute atomic E-state index is 0.00175. The van der Waals surface area contributed by atoms with Gasteiger partial charge in [-0.1, -0.05) is 11.6 Å². The molecule has 0 N–H and O–H groups in total. The fraction of sp³-hybridized carbons (Fsp3) is 0.409. The molecule has 7 nitrogen and oxygen atoms in total. The van der Waals surface area contributed by atoms with Crippen LogP contribution in [-0.4, -0.2) is 53.8 Å². The molecule has 3 aliphatic heterocycles. The van der Waals surface area contributed by atoms with Crippen LogP contribution in [-0.2, 0) is 14.3 Å². The number of nitrogens with zero attached hydrogens (tertiary/aromatic N) is 3. The van der Waals surface area contributed by atoms with E-state index < -0.39 is 11.8 Å². The molecule has 2 aromatic rings. The van der Waals surface area contributed by atoms with Gasteiger partial charge in [-0.15, -0.1) is 0 Å². The van der Waals surface area contributed by atoms with Gasteiger partial charge in [0.2, 0.25) is 5.91 Å². The molecule has 1 aromatic carbocycles. The zero-order valence-electron chi connectivity index (χ0n) is 16.4. The van der Waals surface area contributed by atoms with Crippen molar-refractivity contribution in [2.45, 2.75) is 31.1 Å². The van der Waals surface area contributed by atoms with E-state index in [1.165, 1.54) is 0 Å². The van der Waals surface area contributed by atoms with Gasteiger partial charge in [0.15, 0.2) is 5.79 Å². The minimum atomic E-state index is -0.524. The van der Waals surface area contributed by atoms with E-state index in [2.05, 4.69) is 4.98 Å². The van der Waals surface area contributed by atoms with E-state index in [1.54, 1.807) is 47.5 Å². The molecule has 2 fully saturated rings. The molecule has 156 valence electrons. The maximum atomic E-state index is 13.2. The number of hydrogen-bond donors (Lipinski definition) is 0. The lowest BCUT2D eigenvalue weighted by Crippen LogP contribution is -2.48. The van der Waals surface area contributed by atoms with Crippen molar-refractivity contribution in [1.82, 2.24) is 9.88 Å². The van der Waals surface area contributed by atoms with Gasteiger partial charge in [-0.2, -0.15) is 0 Å². The van der Waals surface area contributed by atoms with Crippen LogP contribution in [0.25, 0.3) is 0 Å². The number of fused-ring (bicyclic) bond motifs is 1.